The first-order valence-electron chi connectivity index (χ1n) is 4.01. The molecule has 0 radical (unpaired) electrons. The van der Waals surface area contributed by atoms with Crippen LogP contribution in [0.3, 0.4) is 0 Å². The highest BCUT2D eigenvalue weighted by Gasteiger charge is 2.22. The minimum Gasteiger partial charge on any atom is -0.324 e. The quantitative estimate of drug-likeness (QED) is 0.655. The first-order valence-corrected chi connectivity index (χ1v) is 4.39. The SMILES string of the molecule is N[C@@H]1Cc2ccc(Cl)cc2NC1=O. The number of rotatable bonds is 0. The van der Waals surface area contributed by atoms with Crippen molar-refractivity contribution in [2.45, 2.75) is 12.5 Å². The molecule has 0 spiro atoms. The lowest BCUT2D eigenvalue weighted by molar-refractivity contribution is -0.117. The smallest absolute Gasteiger partial charge is 0.241 e. The maximum atomic E-state index is 11.2. The number of halogens is 1. The lowest BCUT2D eigenvalue weighted by atomic mass is 10.00. The molecule has 3 nitrogen and oxygen atoms in total. The molecule has 3 N–H and O–H groups in total. The highest BCUT2D eigenvalue weighted by Crippen LogP contribution is 2.25. The third-order valence-electron chi connectivity index (χ3n) is 2.11. The van der Waals surface area contributed by atoms with Gasteiger partial charge in [0.05, 0.1) is 6.04 Å². The zero-order valence-electron chi connectivity index (χ0n) is 6.88. The number of carbonyl (C=O) groups excluding carboxylic acids is 1. The average molecular weight is 197 g/mol. The fourth-order valence-electron chi connectivity index (χ4n) is 1.40. The molecule has 0 aromatic heterocycles. The molecule has 1 amide bonds. The van der Waals surface area contributed by atoms with E-state index in [1.54, 1.807) is 12.1 Å². The van der Waals surface area contributed by atoms with E-state index in [1.165, 1.54) is 0 Å². The van der Waals surface area contributed by atoms with Crippen LogP contribution in [0.15, 0.2) is 18.2 Å². The fourth-order valence-corrected chi connectivity index (χ4v) is 1.57. The summed E-state index contributed by atoms with van der Waals surface area (Å²) >= 11 is 5.78. The van der Waals surface area contributed by atoms with Crippen LogP contribution < -0.4 is 11.1 Å². The van der Waals surface area contributed by atoms with E-state index in [-0.39, 0.29) is 5.91 Å². The van der Waals surface area contributed by atoms with Crippen molar-refractivity contribution in [3.05, 3.63) is 28.8 Å². The van der Waals surface area contributed by atoms with Crippen molar-refractivity contribution < 1.29 is 4.79 Å². The van der Waals surface area contributed by atoms with Gasteiger partial charge in [-0.2, -0.15) is 0 Å². The van der Waals surface area contributed by atoms with Crippen molar-refractivity contribution in [2.75, 3.05) is 5.32 Å². The van der Waals surface area contributed by atoms with Gasteiger partial charge in [0.15, 0.2) is 0 Å². The minimum atomic E-state index is -0.436. The third kappa shape index (κ3) is 1.53. The first-order chi connectivity index (χ1) is 6.16. The Hall–Kier alpha value is -1.06. The highest BCUT2D eigenvalue weighted by atomic mass is 35.5. The molecule has 0 aliphatic carbocycles. The molecule has 1 heterocycles. The molecule has 1 aromatic carbocycles. The summed E-state index contributed by atoms with van der Waals surface area (Å²) in [5, 5.41) is 3.32. The molecule has 1 aromatic rings. The van der Waals surface area contributed by atoms with Gasteiger partial charge in [0, 0.05) is 10.7 Å². The average Bonchev–Trinajstić information content (AvgIpc) is 2.08. The van der Waals surface area contributed by atoms with E-state index in [0.29, 0.717) is 11.4 Å². The molecule has 0 saturated carbocycles. The largest absolute Gasteiger partial charge is 0.324 e. The number of hydrogen-bond donors (Lipinski definition) is 2. The first kappa shape index (κ1) is 8.53. The van der Waals surface area contributed by atoms with Gasteiger partial charge in [-0.3, -0.25) is 4.79 Å². The number of amides is 1. The molecule has 1 aliphatic heterocycles. The van der Waals surface area contributed by atoms with E-state index in [2.05, 4.69) is 5.32 Å². The highest BCUT2D eigenvalue weighted by molar-refractivity contribution is 6.31. The molecular formula is C9H9ClN2O. The van der Waals surface area contributed by atoms with Crippen molar-refractivity contribution in [1.29, 1.82) is 0 Å². The monoisotopic (exact) mass is 196 g/mol. The predicted octanol–water partition coefficient (Wildman–Crippen LogP) is 1.16. The molecule has 1 atom stereocenters. The van der Waals surface area contributed by atoms with Crippen molar-refractivity contribution >= 4 is 23.2 Å². The second-order valence-electron chi connectivity index (χ2n) is 3.10. The van der Waals surface area contributed by atoms with Crippen molar-refractivity contribution in [3.63, 3.8) is 0 Å². The third-order valence-corrected chi connectivity index (χ3v) is 2.34. The number of carbonyl (C=O) groups is 1. The summed E-state index contributed by atoms with van der Waals surface area (Å²) in [6.07, 6.45) is 0.582. The van der Waals surface area contributed by atoms with Crippen LogP contribution in [0.1, 0.15) is 5.56 Å². The Balaban J connectivity index is 2.42. The number of benzene rings is 1. The van der Waals surface area contributed by atoms with Crippen molar-refractivity contribution in [1.82, 2.24) is 0 Å². The van der Waals surface area contributed by atoms with Gasteiger partial charge in [-0.1, -0.05) is 17.7 Å². The molecule has 0 saturated heterocycles. The van der Waals surface area contributed by atoms with E-state index < -0.39 is 6.04 Å². The Bertz CT molecular complexity index is 365. The maximum absolute atomic E-state index is 11.2. The van der Waals surface area contributed by atoms with Crippen LogP contribution in [-0.4, -0.2) is 11.9 Å². The van der Waals surface area contributed by atoms with Gasteiger partial charge in [0.2, 0.25) is 5.91 Å². The second kappa shape index (κ2) is 3.01. The summed E-state index contributed by atoms with van der Waals surface area (Å²) in [4.78, 5) is 11.2. The Labute approximate surface area is 80.9 Å². The molecule has 13 heavy (non-hydrogen) atoms. The van der Waals surface area contributed by atoms with Gasteiger partial charge in [-0.05, 0) is 24.1 Å². The summed E-state index contributed by atoms with van der Waals surface area (Å²) in [6.45, 7) is 0. The Morgan fingerprint density at radius 3 is 3.08 bits per heavy atom. The summed E-state index contributed by atoms with van der Waals surface area (Å²) in [7, 11) is 0. The number of fused-ring (bicyclic) bond motifs is 1. The number of hydrogen-bond acceptors (Lipinski definition) is 2. The topological polar surface area (TPSA) is 55.1 Å². The van der Waals surface area contributed by atoms with E-state index in [1.807, 2.05) is 6.07 Å². The molecule has 0 bridgehead atoms. The van der Waals surface area contributed by atoms with Crippen molar-refractivity contribution in [2.24, 2.45) is 5.73 Å². The molecule has 0 unspecified atom stereocenters. The molecule has 0 fully saturated rings. The van der Waals surface area contributed by atoms with Crippen molar-refractivity contribution in [3.8, 4) is 0 Å². The summed E-state index contributed by atoms with van der Waals surface area (Å²) < 4.78 is 0. The molecule has 68 valence electrons. The van der Waals surface area contributed by atoms with Gasteiger partial charge < -0.3 is 11.1 Å². The van der Waals surface area contributed by atoms with E-state index in [9.17, 15) is 4.79 Å². The molecule has 1 aliphatic rings. The van der Waals surface area contributed by atoms with Gasteiger partial charge in [-0.25, -0.2) is 0 Å². The Morgan fingerprint density at radius 1 is 1.54 bits per heavy atom. The van der Waals surface area contributed by atoms with Crippen LogP contribution in [0.5, 0.6) is 0 Å². The minimum absolute atomic E-state index is 0.144. The van der Waals surface area contributed by atoms with Crippen LogP contribution in [0.2, 0.25) is 5.02 Å². The van der Waals surface area contributed by atoms with Crippen LogP contribution in [0.4, 0.5) is 5.69 Å². The van der Waals surface area contributed by atoms with Gasteiger partial charge >= 0.3 is 0 Å². The fraction of sp³-hybridized carbons (Fsp3) is 0.222. The molecule has 2 rings (SSSR count). The Kier molecular flexibility index (Phi) is 1.98. The van der Waals surface area contributed by atoms with Gasteiger partial charge in [-0.15, -0.1) is 0 Å². The molecule has 4 heteroatoms. The zero-order chi connectivity index (χ0) is 9.42. The predicted molar refractivity (Wildman–Crippen MR) is 51.8 cm³/mol. The van der Waals surface area contributed by atoms with Crippen LogP contribution in [0, 0.1) is 0 Å². The van der Waals surface area contributed by atoms with Crippen LogP contribution in [0.25, 0.3) is 0 Å². The number of anilines is 1. The van der Waals surface area contributed by atoms with E-state index >= 15 is 0 Å². The van der Waals surface area contributed by atoms with E-state index in [0.717, 1.165) is 11.3 Å². The zero-order valence-corrected chi connectivity index (χ0v) is 7.64. The standard InChI is InChI=1S/C9H9ClN2O/c10-6-2-1-5-3-7(11)9(13)12-8(5)4-6/h1-2,4,7H,3,11H2,(H,12,13)/t7-/m1/s1. The summed E-state index contributed by atoms with van der Waals surface area (Å²) in [5.74, 6) is -0.144. The van der Waals surface area contributed by atoms with Gasteiger partial charge in [0.25, 0.3) is 0 Å². The summed E-state index contributed by atoms with van der Waals surface area (Å²) in [5.41, 5.74) is 7.40. The lowest BCUT2D eigenvalue weighted by Gasteiger charge is -2.21. The Morgan fingerprint density at radius 2 is 2.31 bits per heavy atom. The summed E-state index contributed by atoms with van der Waals surface area (Å²) in [6, 6.07) is 4.98. The number of nitrogens with one attached hydrogen (secondary N) is 1. The van der Waals surface area contributed by atoms with Crippen LogP contribution in [-0.2, 0) is 11.2 Å². The van der Waals surface area contributed by atoms with Gasteiger partial charge in [0.1, 0.15) is 0 Å². The van der Waals surface area contributed by atoms with E-state index in [4.69, 9.17) is 17.3 Å². The maximum Gasteiger partial charge on any atom is 0.241 e. The molecular weight excluding hydrogens is 188 g/mol. The second-order valence-corrected chi connectivity index (χ2v) is 3.54. The van der Waals surface area contributed by atoms with Crippen LogP contribution >= 0.6 is 11.6 Å². The normalized spacial score (nSPS) is 20.8. The lowest BCUT2D eigenvalue weighted by Crippen LogP contribution is -2.40. The number of nitrogens with two attached hydrogens (primary N) is 1.